The molecule has 0 heterocycles. The molecule has 98 valence electrons. The molecule has 2 aromatic carbocycles. The molecule has 1 unspecified atom stereocenters. The third kappa shape index (κ3) is 2.22. The van der Waals surface area contributed by atoms with E-state index in [0.717, 1.165) is 6.42 Å². The monoisotopic (exact) mass is 288 g/mol. The van der Waals surface area contributed by atoms with E-state index in [1.807, 2.05) is 0 Å². The van der Waals surface area contributed by atoms with Crippen molar-refractivity contribution >= 4 is 23.8 Å². The van der Waals surface area contributed by atoms with Crippen molar-refractivity contribution in [3.8, 4) is 11.1 Å². The van der Waals surface area contributed by atoms with Crippen molar-refractivity contribution in [2.45, 2.75) is 32.3 Å². The number of hydrogen-bond donors (Lipinski definition) is 0. The lowest BCUT2D eigenvalue weighted by Gasteiger charge is -2.27. The molecule has 0 bridgehead atoms. The Balaban J connectivity index is 2.14. The van der Waals surface area contributed by atoms with Gasteiger partial charge in [0.05, 0.1) is 0 Å². The molecular formula is C17H18ClP. The summed E-state index contributed by atoms with van der Waals surface area (Å²) in [6.45, 7) is 6.69. The molecule has 0 amide bonds. The Morgan fingerprint density at radius 3 is 2.37 bits per heavy atom. The summed E-state index contributed by atoms with van der Waals surface area (Å²) in [5.41, 5.74) is 5.64. The molecule has 0 radical (unpaired) electrons. The first-order valence-electron chi connectivity index (χ1n) is 6.64. The Morgan fingerprint density at radius 2 is 1.63 bits per heavy atom. The summed E-state index contributed by atoms with van der Waals surface area (Å²) in [6, 6.07) is 15.3. The number of rotatable bonds is 1. The van der Waals surface area contributed by atoms with Crippen molar-refractivity contribution in [3.63, 3.8) is 0 Å². The van der Waals surface area contributed by atoms with Gasteiger partial charge in [-0.3, -0.25) is 0 Å². The van der Waals surface area contributed by atoms with Crippen LogP contribution in [0.25, 0.3) is 11.1 Å². The van der Waals surface area contributed by atoms with Crippen LogP contribution in [0.2, 0.25) is 0 Å². The maximum Gasteiger partial charge on any atom is 0.0270 e. The van der Waals surface area contributed by atoms with E-state index < -0.39 is 7.27 Å². The quantitative estimate of drug-likeness (QED) is 0.532. The fraction of sp³-hybridized carbons (Fsp3) is 0.294. The minimum atomic E-state index is -0.650. The van der Waals surface area contributed by atoms with E-state index in [2.05, 4.69) is 63.2 Å². The second-order valence-corrected chi connectivity index (χ2v) is 9.49. The molecule has 0 N–H and O–H groups in total. The van der Waals surface area contributed by atoms with Crippen LogP contribution in [-0.2, 0) is 6.42 Å². The van der Waals surface area contributed by atoms with Gasteiger partial charge in [-0.1, -0.05) is 74.5 Å². The van der Waals surface area contributed by atoms with Crippen LogP contribution >= 0.6 is 18.5 Å². The molecule has 2 aromatic rings. The molecule has 0 fully saturated rings. The molecule has 0 nitrogen and oxygen atoms in total. The summed E-state index contributed by atoms with van der Waals surface area (Å²) < 4.78 is 0. The van der Waals surface area contributed by atoms with Gasteiger partial charge in [0.1, 0.15) is 0 Å². The minimum Gasteiger partial charge on any atom is -0.0906 e. The second kappa shape index (κ2) is 4.62. The first kappa shape index (κ1) is 13.2. The number of hydrogen-bond acceptors (Lipinski definition) is 0. The molecule has 0 saturated carbocycles. The van der Waals surface area contributed by atoms with Gasteiger partial charge in [-0.2, -0.15) is 0 Å². The van der Waals surface area contributed by atoms with E-state index in [-0.39, 0.29) is 5.16 Å². The van der Waals surface area contributed by atoms with Gasteiger partial charge in [0.25, 0.3) is 0 Å². The van der Waals surface area contributed by atoms with Gasteiger partial charge in [-0.25, -0.2) is 0 Å². The smallest absolute Gasteiger partial charge is 0.0270 e. The molecule has 0 aromatic heterocycles. The number of fused-ring (bicyclic) bond motifs is 3. The lowest BCUT2D eigenvalue weighted by molar-refractivity contribution is 0.796. The van der Waals surface area contributed by atoms with Gasteiger partial charge in [0.15, 0.2) is 0 Å². The van der Waals surface area contributed by atoms with Crippen LogP contribution in [0, 0.1) is 0 Å². The van der Waals surface area contributed by atoms with Crippen LogP contribution in [0.15, 0.2) is 42.5 Å². The van der Waals surface area contributed by atoms with Crippen LogP contribution in [0.4, 0.5) is 0 Å². The fourth-order valence-electron chi connectivity index (χ4n) is 2.69. The zero-order chi connectivity index (χ0) is 13.6. The van der Waals surface area contributed by atoms with E-state index in [4.69, 9.17) is 11.2 Å². The first-order chi connectivity index (χ1) is 8.98. The molecule has 0 spiro atoms. The summed E-state index contributed by atoms with van der Waals surface area (Å²) in [5, 5.41) is 1.50. The topological polar surface area (TPSA) is 0 Å². The molecule has 19 heavy (non-hydrogen) atoms. The SMILES string of the molecule is CC(C)(C)P(Cl)c1cccc2c1Cc1ccccc1-2. The summed E-state index contributed by atoms with van der Waals surface area (Å²) in [5.74, 6) is 0. The molecule has 1 aliphatic rings. The normalized spacial score (nSPS) is 14.9. The summed E-state index contributed by atoms with van der Waals surface area (Å²) in [7, 11) is -0.650. The van der Waals surface area contributed by atoms with Crippen LogP contribution in [0.5, 0.6) is 0 Å². The van der Waals surface area contributed by atoms with Gasteiger partial charge >= 0.3 is 0 Å². The summed E-state index contributed by atoms with van der Waals surface area (Å²) in [6.07, 6.45) is 1.03. The maximum atomic E-state index is 6.77. The third-order valence-corrected chi connectivity index (χ3v) is 7.71. The molecule has 2 heteroatoms. The Labute approximate surface area is 121 Å². The van der Waals surface area contributed by atoms with Crippen molar-refractivity contribution in [2.75, 3.05) is 0 Å². The van der Waals surface area contributed by atoms with E-state index in [9.17, 15) is 0 Å². The van der Waals surface area contributed by atoms with Gasteiger partial charge in [-0.05, 0) is 39.1 Å². The standard InChI is InChI=1S/C17H18ClP/c1-17(2,3)19(18)16-10-6-9-14-13-8-5-4-7-12(13)11-15(14)16/h4-10H,11H2,1-3H3. The molecule has 1 aliphatic carbocycles. The molecule has 1 atom stereocenters. The lowest BCUT2D eigenvalue weighted by Crippen LogP contribution is -2.18. The highest BCUT2D eigenvalue weighted by Gasteiger charge is 2.29. The van der Waals surface area contributed by atoms with Crippen molar-refractivity contribution in [2.24, 2.45) is 0 Å². The maximum absolute atomic E-state index is 6.77. The Kier molecular flexibility index (Phi) is 3.20. The average molecular weight is 289 g/mol. The van der Waals surface area contributed by atoms with E-state index >= 15 is 0 Å². The van der Waals surface area contributed by atoms with Crippen molar-refractivity contribution in [3.05, 3.63) is 53.6 Å². The van der Waals surface area contributed by atoms with Gasteiger partial charge in [0.2, 0.25) is 0 Å². The zero-order valence-corrected chi connectivity index (χ0v) is 13.2. The highest BCUT2D eigenvalue weighted by molar-refractivity contribution is 7.91. The Bertz CT molecular complexity index is 625. The zero-order valence-electron chi connectivity index (χ0n) is 11.6. The largest absolute Gasteiger partial charge is 0.0906 e. The molecular weight excluding hydrogens is 271 g/mol. The van der Waals surface area contributed by atoms with Crippen LogP contribution in [0.1, 0.15) is 31.9 Å². The van der Waals surface area contributed by atoms with Crippen molar-refractivity contribution in [1.29, 1.82) is 0 Å². The Morgan fingerprint density at radius 1 is 0.947 bits per heavy atom. The highest BCUT2D eigenvalue weighted by Crippen LogP contribution is 2.54. The predicted molar refractivity (Wildman–Crippen MR) is 86.8 cm³/mol. The van der Waals surface area contributed by atoms with Crippen LogP contribution in [0.3, 0.4) is 0 Å². The minimum absolute atomic E-state index is 0.140. The van der Waals surface area contributed by atoms with E-state index in [1.165, 1.54) is 27.6 Å². The lowest BCUT2D eigenvalue weighted by atomic mass is 10.1. The number of halogens is 1. The number of benzene rings is 2. The third-order valence-electron chi connectivity index (χ3n) is 3.63. The first-order valence-corrected chi connectivity index (χ1v) is 8.89. The molecule has 0 aliphatic heterocycles. The molecule has 0 saturated heterocycles. The van der Waals surface area contributed by atoms with Gasteiger partial charge < -0.3 is 0 Å². The van der Waals surface area contributed by atoms with Gasteiger partial charge in [-0.15, -0.1) is 0 Å². The van der Waals surface area contributed by atoms with Crippen LogP contribution in [-0.4, -0.2) is 5.16 Å². The van der Waals surface area contributed by atoms with Crippen LogP contribution < -0.4 is 5.30 Å². The van der Waals surface area contributed by atoms with Crippen molar-refractivity contribution in [1.82, 2.24) is 0 Å². The highest BCUT2D eigenvalue weighted by atomic mass is 35.7. The predicted octanol–water partition coefficient (Wildman–Crippen LogP) is 5.32. The summed E-state index contributed by atoms with van der Waals surface area (Å²) >= 11 is 6.77. The fourth-order valence-corrected chi connectivity index (χ4v) is 4.54. The Hall–Kier alpha value is -0.840. The summed E-state index contributed by atoms with van der Waals surface area (Å²) in [4.78, 5) is 0. The molecule has 3 rings (SSSR count). The van der Waals surface area contributed by atoms with E-state index in [1.54, 1.807) is 0 Å². The van der Waals surface area contributed by atoms with E-state index in [0.29, 0.717) is 0 Å². The second-order valence-electron chi connectivity index (χ2n) is 6.09. The van der Waals surface area contributed by atoms with Gasteiger partial charge in [0, 0.05) is 7.27 Å². The van der Waals surface area contributed by atoms with Crippen molar-refractivity contribution < 1.29 is 0 Å². The average Bonchev–Trinajstić information content (AvgIpc) is 2.75.